The Balaban J connectivity index is 0.000000276. The third kappa shape index (κ3) is 19.1. The van der Waals surface area contributed by atoms with Crippen LogP contribution in [-0.4, -0.2) is 32.2 Å². The summed E-state index contributed by atoms with van der Waals surface area (Å²) in [6.07, 6.45) is 3.38. The second kappa shape index (κ2) is 38.7. The van der Waals surface area contributed by atoms with Crippen molar-refractivity contribution in [3.05, 3.63) is 294 Å². The van der Waals surface area contributed by atoms with E-state index in [4.69, 9.17) is 7.96 Å². The van der Waals surface area contributed by atoms with Gasteiger partial charge in [-0.1, -0.05) is 40.1 Å². The molecule has 0 saturated carbocycles. The average molecular weight is 1640 g/mol. The second-order valence-electron chi connectivity index (χ2n) is 19.7. The van der Waals surface area contributed by atoms with Crippen molar-refractivity contribution in [2.75, 3.05) is 12.6 Å². The van der Waals surface area contributed by atoms with E-state index in [1.807, 2.05) is 0 Å². The van der Waals surface area contributed by atoms with Gasteiger partial charge in [-0.2, -0.15) is 0 Å². The minimum absolute atomic E-state index is 0.111. The summed E-state index contributed by atoms with van der Waals surface area (Å²) >= 11 is -1.50. The van der Waals surface area contributed by atoms with Gasteiger partial charge < -0.3 is 0 Å². The summed E-state index contributed by atoms with van der Waals surface area (Å²) in [6.45, 7) is 2.13. The van der Waals surface area contributed by atoms with E-state index in [-0.39, 0.29) is 6.42 Å². The van der Waals surface area contributed by atoms with Crippen molar-refractivity contribution in [2.45, 2.75) is 19.8 Å². The molecule has 0 aliphatic heterocycles. The fraction of sp³-hybridized carbons (Fsp3) is 0.0769. The zero-order chi connectivity index (χ0) is 82.4. The second-order valence-corrected chi connectivity index (χ2v) is 21.2. The molecule has 578 valence electrons. The van der Waals surface area contributed by atoms with Gasteiger partial charge in [0.05, 0.1) is 27.8 Å². The first-order valence-electron chi connectivity index (χ1n) is 27.6. The van der Waals surface area contributed by atoms with Crippen LogP contribution in [-0.2, 0) is 3.80 Å². The van der Waals surface area contributed by atoms with Crippen molar-refractivity contribution in [1.82, 2.24) is 0 Å². The number of hydrogen-bond donors (Lipinski definition) is 1. The Bertz CT molecular complexity index is 4400. The number of halogens is 39. The van der Waals surface area contributed by atoms with Gasteiger partial charge in [-0.15, -0.1) is 0 Å². The van der Waals surface area contributed by atoms with Crippen LogP contribution in [0.5, 0.6) is 0 Å². The Morgan fingerprint density at radius 3 is 0.593 bits per heavy atom. The average Bonchev–Trinajstić information content (AvgIpc) is 0.791. The van der Waals surface area contributed by atoms with Gasteiger partial charge in [0.1, 0.15) is 12.2 Å². The molecule has 1 unspecified atom stereocenters. The Hall–Kier alpha value is -9.97. The molecule has 0 fully saturated rings. The summed E-state index contributed by atoms with van der Waals surface area (Å²) in [5, 5.41) is 0. The van der Waals surface area contributed by atoms with Crippen LogP contribution in [0.15, 0.2) is 72.8 Å². The van der Waals surface area contributed by atoms with Crippen molar-refractivity contribution in [3.63, 3.8) is 0 Å². The molecule has 0 heterocycles. The number of rotatable bonds is 9. The summed E-state index contributed by atoms with van der Waals surface area (Å²) in [4.78, 5) is 0. The van der Waals surface area contributed by atoms with Crippen molar-refractivity contribution in [3.8, 4) is 55.6 Å². The van der Waals surface area contributed by atoms with E-state index in [0.717, 1.165) is 18.3 Å². The molecule has 43 heteroatoms. The van der Waals surface area contributed by atoms with Gasteiger partial charge in [0.25, 0.3) is 0 Å². The molecule has 0 saturated heterocycles. The molecule has 10 aromatic carbocycles. The zero-order valence-corrected chi connectivity index (χ0v) is 53.6. The van der Waals surface area contributed by atoms with Gasteiger partial charge in [0.15, 0.2) is 186 Å². The molecule has 10 rings (SSSR count). The van der Waals surface area contributed by atoms with Crippen LogP contribution < -0.4 is 0 Å². The van der Waals surface area contributed by atoms with E-state index in [1.165, 1.54) is 25.0 Å². The summed E-state index contributed by atoms with van der Waals surface area (Å²) in [5.74, 6) is -82.0. The van der Waals surface area contributed by atoms with E-state index >= 15 is 0 Å². The Morgan fingerprint density at radius 1 is 0.241 bits per heavy atom. The molecule has 0 aliphatic rings. The van der Waals surface area contributed by atoms with Gasteiger partial charge in [-0.05, 0) is 67.2 Å². The molecule has 10 aromatic rings. The van der Waals surface area contributed by atoms with E-state index in [9.17, 15) is 171 Å². The molecular weight excluding hydrogens is 1610 g/mol. The fourth-order valence-electron chi connectivity index (χ4n) is 8.12. The first-order chi connectivity index (χ1) is 50.4. The third-order valence-electron chi connectivity index (χ3n) is 13.2. The van der Waals surface area contributed by atoms with Crippen molar-refractivity contribution >= 4 is 24.1 Å². The van der Waals surface area contributed by atoms with Crippen molar-refractivity contribution in [1.29, 1.82) is 0 Å². The first kappa shape index (κ1) is 90.4. The van der Waals surface area contributed by atoms with Gasteiger partial charge >= 0.3 is 23.4 Å². The quantitative estimate of drug-likeness (QED) is 0.0391. The van der Waals surface area contributed by atoms with E-state index < -0.39 is 292 Å². The van der Waals surface area contributed by atoms with Crippen LogP contribution in [0.25, 0.3) is 55.6 Å². The molecule has 1 atom stereocenters. The van der Waals surface area contributed by atoms with Crippen LogP contribution in [0.1, 0.15) is 19.8 Å². The van der Waals surface area contributed by atoms with Crippen molar-refractivity contribution in [2.24, 2.45) is 0 Å². The molecular formula is C65H25AlF39O2P. The number of alkyl halides is 1. The maximum absolute atomic E-state index is 13.4. The summed E-state index contributed by atoms with van der Waals surface area (Å²) in [6, 6.07) is 6.88. The van der Waals surface area contributed by atoms with Crippen LogP contribution in [0.2, 0.25) is 0 Å². The third-order valence-corrected chi connectivity index (χ3v) is 14.1. The monoisotopic (exact) mass is 1640 g/mol. The predicted molar refractivity (Wildman–Crippen MR) is 301 cm³/mol. The molecule has 1 N–H and O–H groups in total. The van der Waals surface area contributed by atoms with E-state index in [2.05, 4.69) is 6.92 Å². The Morgan fingerprint density at radius 2 is 0.417 bits per heavy atom. The standard InChI is InChI=1S/4C12H2F8.C12H4F6.C5H12FP.Al.H2O.O/c4*13-4-2-1-3(6(14)7(4)15)5-8(16)10(18)12(20)11(19)9(5)17;13-6-4-2-1-3-5(6)7-8(14)10(16)12(18)11(17)9(7)15;1-2-3-4-7-5-6;;;/h4*1-2H;1-4H;7H,2-5H2,1H3;;1H2;/q;;;;;;+1;;/p-1. The molecule has 0 amide bonds. The molecule has 0 aliphatic carbocycles. The first-order valence-corrected chi connectivity index (χ1v) is 30.0. The summed E-state index contributed by atoms with van der Waals surface area (Å²) in [5.41, 5.74) is -13.8. The molecule has 0 aromatic heterocycles. The molecule has 2 nitrogen and oxygen atoms in total. The zero-order valence-electron chi connectivity index (χ0n) is 51.4. The van der Waals surface area contributed by atoms with E-state index in [1.54, 1.807) is 0 Å². The summed E-state index contributed by atoms with van der Waals surface area (Å²) < 4.78 is 524. The minimum atomic E-state index is -2.44. The normalized spacial score (nSPS) is 10.7. The van der Waals surface area contributed by atoms with Crippen LogP contribution >= 0.6 is 8.58 Å². The molecule has 0 bridgehead atoms. The number of hydrogen-bond acceptors (Lipinski definition) is 1. The van der Waals surface area contributed by atoms with Gasteiger partial charge in [0.2, 0.25) is 29.1 Å². The van der Waals surface area contributed by atoms with Crippen LogP contribution in [0.4, 0.5) is 171 Å². The predicted octanol–water partition coefficient (Wildman–Crippen LogP) is 23.4. The van der Waals surface area contributed by atoms with Crippen molar-refractivity contribution < 1.29 is 179 Å². The number of unbranched alkanes of at least 4 members (excludes halogenated alkanes) is 1. The van der Waals surface area contributed by atoms with E-state index in [0.29, 0.717) is 57.1 Å². The fourth-order valence-corrected chi connectivity index (χ4v) is 8.85. The SMILES string of the molecule is CCCCPCF.Fc1ccc(-c2c(F)c(F)c(F)c(F)c2F)c(F)c1F.Fc1ccc(-c2c(F)c(F)c(F)c(F)c2F)c(F)c1F.Fc1ccc(-c2c(F)c(F)c(F)c(F)c2F)c(F)c1F.Fc1ccc(-c2c(F)c(F)c(F)c(F)c2F)c(F)c1F.Fc1ccccc1-c1c(F)c(F)c(F)c(F)c1F.[O]=[Al][OH]. The molecule has 0 radical (unpaired) electrons. The number of benzene rings is 10. The Kier molecular flexibility index (Phi) is 32.4. The van der Waals surface area contributed by atoms with Gasteiger partial charge in [-0.25, -0.2) is 171 Å². The molecule has 0 spiro atoms. The topological polar surface area (TPSA) is 37.3 Å². The van der Waals surface area contributed by atoms with Crippen LogP contribution in [0.3, 0.4) is 0 Å². The van der Waals surface area contributed by atoms with Crippen LogP contribution in [0, 0.1) is 221 Å². The Labute approximate surface area is 583 Å². The van der Waals surface area contributed by atoms with Gasteiger partial charge in [-0.3, -0.25) is 0 Å². The summed E-state index contributed by atoms with van der Waals surface area (Å²) in [7, 11) is 0.555. The maximum atomic E-state index is 13.4. The molecule has 108 heavy (non-hydrogen) atoms. The van der Waals surface area contributed by atoms with Gasteiger partial charge in [0, 0.05) is 27.8 Å².